The molecule has 0 aromatic heterocycles. The fourth-order valence-electron chi connectivity index (χ4n) is 1.90. The van der Waals surface area contributed by atoms with Gasteiger partial charge in [-0.3, -0.25) is 14.4 Å². The van der Waals surface area contributed by atoms with Crippen molar-refractivity contribution in [1.29, 1.82) is 0 Å². The second-order valence-corrected chi connectivity index (χ2v) is 4.71. The molecule has 1 N–H and O–H groups in total. The Labute approximate surface area is 124 Å². The lowest BCUT2D eigenvalue weighted by atomic mass is 10.1. The summed E-state index contributed by atoms with van der Waals surface area (Å²) in [5.41, 5.74) is 2.10. The van der Waals surface area contributed by atoms with Gasteiger partial charge in [-0.2, -0.15) is 0 Å². The maximum atomic E-state index is 11.8. The van der Waals surface area contributed by atoms with Crippen LogP contribution in [0.15, 0.2) is 18.2 Å². The van der Waals surface area contributed by atoms with Crippen molar-refractivity contribution >= 4 is 29.2 Å². The first-order valence-electron chi connectivity index (χ1n) is 6.61. The SMILES string of the molecule is CC(=O)Nc1cc(C)ccc1N(CCOC(C)=O)C(C)=O. The zero-order valence-electron chi connectivity index (χ0n) is 12.7. The highest BCUT2D eigenvalue weighted by Gasteiger charge is 2.16. The minimum atomic E-state index is -0.399. The van der Waals surface area contributed by atoms with E-state index in [0.717, 1.165) is 5.56 Å². The molecular formula is C15H20N2O4. The summed E-state index contributed by atoms with van der Waals surface area (Å²) in [6, 6.07) is 5.40. The van der Waals surface area contributed by atoms with E-state index < -0.39 is 5.97 Å². The molecule has 0 unspecified atom stereocenters. The van der Waals surface area contributed by atoms with Crippen LogP contribution in [0.4, 0.5) is 11.4 Å². The molecule has 0 aliphatic carbocycles. The molecule has 0 aliphatic rings. The van der Waals surface area contributed by atoms with Gasteiger partial charge in [0.2, 0.25) is 11.8 Å². The van der Waals surface area contributed by atoms with E-state index in [1.807, 2.05) is 13.0 Å². The van der Waals surface area contributed by atoms with E-state index in [1.54, 1.807) is 12.1 Å². The zero-order chi connectivity index (χ0) is 16.0. The standard InChI is InChI=1S/C15H20N2O4/c1-10-5-6-15(14(9-10)16-11(2)18)17(12(3)19)7-8-21-13(4)20/h5-6,9H,7-8H2,1-4H3,(H,16,18). The van der Waals surface area contributed by atoms with Gasteiger partial charge in [-0.1, -0.05) is 6.07 Å². The predicted molar refractivity (Wildman–Crippen MR) is 80.1 cm³/mol. The van der Waals surface area contributed by atoms with Gasteiger partial charge in [-0.25, -0.2) is 0 Å². The van der Waals surface area contributed by atoms with Crippen molar-refractivity contribution < 1.29 is 19.1 Å². The third-order valence-electron chi connectivity index (χ3n) is 2.75. The highest BCUT2D eigenvalue weighted by Crippen LogP contribution is 2.27. The first kappa shape index (κ1) is 16.7. The number of aryl methyl sites for hydroxylation is 1. The molecule has 1 aromatic carbocycles. The van der Waals surface area contributed by atoms with Crippen LogP contribution in [0.3, 0.4) is 0 Å². The second kappa shape index (κ2) is 7.42. The fourth-order valence-corrected chi connectivity index (χ4v) is 1.90. The van der Waals surface area contributed by atoms with Gasteiger partial charge in [0.1, 0.15) is 6.61 Å². The van der Waals surface area contributed by atoms with Gasteiger partial charge in [0.05, 0.1) is 17.9 Å². The van der Waals surface area contributed by atoms with Gasteiger partial charge >= 0.3 is 5.97 Å². The highest BCUT2D eigenvalue weighted by molar-refractivity contribution is 5.99. The molecule has 6 heteroatoms. The van der Waals surface area contributed by atoms with Crippen LogP contribution in [0, 0.1) is 6.92 Å². The number of rotatable bonds is 5. The lowest BCUT2D eigenvalue weighted by molar-refractivity contribution is -0.140. The van der Waals surface area contributed by atoms with Crippen LogP contribution in [0.1, 0.15) is 26.3 Å². The number of ether oxygens (including phenoxy) is 1. The smallest absolute Gasteiger partial charge is 0.302 e. The number of anilines is 2. The quantitative estimate of drug-likeness (QED) is 0.841. The molecule has 1 aromatic rings. The van der Waals surface area contributed by atoms with E-state index in [9.17, 15) is 14.4 Å². The van der Waals surface area contributed by atoms with Crippen LogP contribution >= 0.6 is 0 Å². The largest absolute Gasteiger partial charge is 0.464 e. The summed E-state index contributed by atoms with van der Waals surface area (Å²) in [5, 5.41) is 2.71. The van der Waals surface area contributed by atoms with Crippen LogP contribution in [0.25, 0.3) is 0 Å². The number of carbonyl (C=O) groups is 3. The average molecular weight is 292 g/mol. The van der Waals surface area contributed by atoms with E-state index in [0.29, 0.717) is 11.4 Å². The van der Waals surface area contributed by atoms with Gasteiger partial charge in [0.15, 0.2) is 0 Å². The first-order chi connectivity index (χ1) is 9.81. The Morgan fingerprint density at radius 1 is 1.19 bits per heavy atom. The minimum Gasteiger partial charge on any atom is -0.464 e. The van der Waals surface area contributed by atoms with E-state index in [-0.39, 0.29) is 25.0 Å². The third-order valence-corrected chi connectivity index (χ3v) is 2.75. The molecule has 0 heterocycles. The lowest BCUT2D eigenvalue weighted by Crippen LogP contribution is -2.33. The summed E-state index contributed by atoms with van der Waals surface area (Å²) >= 11 is 0. The summed E-state index contributed by atoms with van der Waals surface area (Å²) in [4.78, 5) is 35.4. The minimum absolute atomic E-state index is 0.0995. The Morgan fingerprint density at radius 3 is 2.38 bits per heavy atom. The molecule has 21 heavy (non-hydrogen) atoms. The van der Waals surface area contributed by atoms with Crippen molar-refractivity contribution in [3.8, 4) is 0 Å². The molecule has 0 aliphatic heterocycles. The predicted octanol–water partition coefficient (Wildman–Crippen LogP) is 1.87. The summed E-state index contributed by atoms with van der Waals surface area (Å²) < 4.78 is 4.87. The zero-order valence-corrected chi connectivity index (χ0v) is 12.7. The van der Waals surface area contributed by atoms with E-state index >= 15 is 0 Å². The summed E-state index contributed by atoms with van der Waals surface area (Å²) in [6.07, 6.45) is 0. The van der Waals surface area contributed by atoms with E-state index in [4.69, 9.17) is 4.74 Å². The van der Waals surface area contributed by atoms with Crippen LogP contribution < -0.4 is 10.2 Å². The number of esters is 1. The Kier molecular flexibility index (Phi) is 5.90. The van der Waals surface area contributed by atoms with Crippen molar-refractivity contribution in [3.63, 3.8) is 0 Å². The molecule has 0 saturated carbocycles. The maximum absolute atomic E-state index is 11.8. The second-order valence-electron chi connectivity index (χ2n) is 4.71. The fraction of sp³-hybridized carbons (Fsp3) is 0.400. The van der Waals surface area contributed by atoms with Crippen molar-refractivity contribution in [3.05, 3.63) is 23.8 Å². The van der Waals surface area contributed by atoms with Crippen LogP contribution in [-0.4, -0.2) is 30.9 Å². The average Bonchev–Trinajstić information content (AvgIpc) is 2.34. The number of hydrogen-bond donors (Lipinski definition) is 1. The lowest BCUT2D eigenvalue weighted by Gasteiger charge is -2.24. The Bertz CT molecular complexity index is 555. The van der Waals surface area contributed by atoms with Crippen LogP contribution in [0.5, 0.6) is 0 Å². The molecule has 0 bridgehead atoms. The number of amides is 2. The Hall–Kier alpha value is -2.37. The molecule has 1 rings (SSSR count). The van der Waals surface area contributed by atoms with Gasteiger partial charge in [-0.15, -0.1) is 0 Å². The molecule has 0 saturated heterocycles. The van der Waals surface area contributed by atoms with Gasteiger partial charge < -0.3 is 15.0 Å². The number of nitrogens with one attached hydrogen (secondary N) is 1. The van der Waals surface area contributed by atoms with Gasteiger partial charge in [0.25, 0.3) is 0 Å². The van der Waals surface area contributed by atoms with E-state index in [1.165, 1.54) is 25.7 Å². The van der Waals surface area contributed by atoms with Gasteiger partial charge in [0, 0.05) is 20.8 Å². The Morgan fingerprint density at radius 2 is 1.86 bits per heavy atom. The van der Waals surface area contributed by atoms with Crippen molar-refractivity contribution in [2.45, 2.75) is 27.7 Å². The Balaban J connectivity index is 3.03. The van der Waals surface area contributed by atoms with Crippen LogP contribution in [-0.2, 0) is 19.1 Å². The molecule has 0 spiro atoms. The first-order valence-corrected chi connectivity index (χ1v) is 6.61. The van der Waals surface area contributed by atoms with E-state index in [2.05, 4.69) is 5.32 Å². The molecule has 114 valence electrons. The number of nitrogens with zero attached hydrogens (tertiary/aromatic N) is 1. The molecule has 0 atom stereocenters. The van der Waals surface area contributed by atoms with Crippen molar-refractivity contribution in [1.82, 2.24) is 0 Å². The van der Waals surface area contributed by atoms with Crippen LogP contribution in [0.2, 0.25) is 0 Å². The van der Waals surface area contributed by atoms with Crippen molar-refractivity contribution in [2.24, 2.45) is 0 Å². The summed E-state index contributed by atoms with van der Waals surface area (Å²) in [7, 11) is 0. The monoisotopic (exact) mass is 292 g/mol. The summed E-state index contributed by atoms with van der Waals surface area (Å²) in [5.74, 6) is -0.813. The highest BCUT2D eigenvalue weighted by atomic mass is 16.5. The maximum Gasteiger partial charge on any atom is 0.302 e. The van der Waals surface area contributed by atoms with Crippen molar-refractivity contribution in [2.75, 3.05) is 23.4 Å². The summed E-state index contributed by atoms with van der Waals surface area (Å²) in [6.45, 7) is 6.36. The molecular weight excluding hydrogens is 272 g/mol. The molecule has 0 fully saturated rings. The van der Waals surface area contributed by atoms with Gasteiger partial charge in [-0.05, 0) is 24.6 Å². The molecule has 0 radical (unpaired) electrons. The normalized spacial score (nSPS) is 9.90. The molecule has 6 nitrogen and oxygen atoms in total. The number of hydrogen-bond acceptors (Lipinski definition) is 4. The number of benzene rings is 1. The number of carbonyl (C=O) groups excluding carboxylic acids is 3. The molecule has 2 amide bonds. The topological polar surface area (TPSA) is 75.7 Å². The third kappa shape index (κ3) is 5.25.